The van der Waals surface area contributed by atoms with Gasteiger partial charge in [0.15, 0.2) is 0 Å². The monoisotopic (exact) mass is 374 g/mol. The molecule has 0 saturated heterocycles. The SMILES string of the molecule is CCCOc1cccc(C(=O)NNC(=O)c2ccc(-c3ccccc3)cc2)c1. The number of hydrazine groups is 1. The maximum absolute atomic E-state index is 12.3. The second kappa shape index (κ2) is 9.37. The smallest absolute Gasteiger partial charge is 0.269 e. The summed E-state index contributed by atoms with van der Waals surface area (Å²) in [5, 5.41) is 0. The summed E-state index contributed by atoms with van der Waals surface area (Å²) in [7, 11) is 0. The van der Waals surface area contributed by atoms with Crippen molar-refractivity contribution in [1.29, 1.82) is 0 Å². The molecule has 0 heterocycles. The molecule has 0 aliphatic carbocycles. The number of rotatable bonds is 6. The van der Waals surface area contributed by atoms with Gasteiger partial charge in [-0.2, -0.15) is 0 Å². The molecule has 0 saturated carbocycles. The number of nitrogens with one attached hydrogen (secondary N) is 2. The third-order valence-corrected chi connectivity index (χ3v) is 4.11. The van der Waals surface area contributed by atoms with Gasteiger partial charge in [-0.05, 0) is 47.9 Å². The van der Waals surface area contributed by atoms with Gasteiger partial charge >= 0.3 is 0 Å². The molecule has 0 aromatic heterocycles. The minimum Gasteiger partial charge on any atom is -0.494 e. The van der Waals surface area contributed by atoms with Crippen molar-refractivity contribution in [2.45, 2.75) is 13.3 Å². The molecule has 0 fully saturated rings. The molecule has 5 heteroatoms. The van der Waals surface area contributed by atoms with E-state index < -0.39 is 5.91 Å². The van der Waals surface area contributed by atoms with Gasteiger partial charge < -0.3 is 4.74 Å². The van der Waals surface area contributed by atoms with E-state index >= 15 is 0 Å². The summed E-state index contributed by atoms with van der Waals surface area (Å²) in [6.07, 6.45) is 0.884. The summed E-state index contributed by atoms with van der Waals surface area (Å²) >= 11 is 0. The van der Waals surface area contributed by atoms with Crippen LogP contribution in [0.1, 0.15) is 34.1 Å². The highest BCUT2D eigenvalue weighted by Crippen LogP contribution is 2.19. The Hall–Kier alpha value is -3.60. The Morgan fingerprint density at radius 1 is 0.750 bits per heavy atom. The number of carbonyl (C=O) groups is 2. The molecular weight excluding hydrogens is 352 g/mol. The normalized spacial score (nSPS) is 10.2. The first kappa shape index (κ1) is 19.2. The van der Waals surface area contributed by atoms with Gasteiger partial charge in [0.05, 0.1) is 6.61 Å². The molecule has 0 aliphatic rings. The quantitative estimate of drug-likeness (QED) is 0.635. The molecule has 142 valence electrons. The van der Waals surface area contributed by atoms with E-state index in [4.69, 9.17) is 4.74 Å². The van der Waals surface area contributed by atoms with Crippen molar-refractivity contribution in [1.82, 2.24) is 10.9 Å². The number of amides is 2. The van der Waals surface area contributed by atoms with Crippen LogP contribution < -0.4 is 15.6 Å². The van der Waals surface area contributed by atoms with E-state index in [1.54, 1.807) is 36.4 Å². The average Bonchev–Trinajstić information content (AvgIpc) is 2.76. The van der Waals surface area contributed by atoms with Crippen LogP contribution >= 0.6 is 0 Å². The van der Waals surface area contributed by atoms with Gasteiger partial charge in [0, 0.05) is 11.1 Å². The van der Waals surface area contributed by atoms with Gasteiger partial charge in [-0.25, -0.2) is 0 Å². The van der Waals surface area contributed by atoms with Gasteiger partial charge in [0.1, 0.15) is 5.75 Å². The van der Waals surface area contributed by atoms with Crippen LogP contribution in [0.5, 0.6) is 5.75 Å². The van der Waals surface area contributed by atoms with Crippen LogP contribution in [-0.2, 0) is 0 Å². The predicted octanol–water partition coefficient (Wildman–Crippen LogP) is 4.22. The number of benzene rings is 3. The Balaban J connectivity index is 1.58. The summed E-state index contributed by atoms with van der Waals surface area (Å²) in [6, 6.07) is 23.9. The van der Waals surface area contributed by atoms with Gasteiger partial charge in [-0.1, -0.05) is 55.5 Å². The van der Waals surface area contributed by atoms with Crippen molar-refractivity contribution in [2.24, 2.45) is 0 Å². The zero-order chi connectivity index (χ0) is 19.8. The molecule has 0 aliphatic heterocycles. The molecular formula is C23H22N2O3. The fourth-order valence-electron chi connectivity index (χ4n) is 2.65. The Kier molecular flexibility index (Phi) is 6.41. The zero-order valence-corrected chi connectivity index (χ0v) is 15.6. The average molecular weight is 374 g/mol. The lowest BCUT2D eigenvalue weighted by Crippen LogP contribution is -2.41. The molecule has 0 bridgehead atoms. The molecule has 0 radical (unpaired) electrons. The van der Waals surface area contributed by atoms with Crippen LogP contribution in [0, 0.1) is 0 Å². The summed E-state index contributed by atoms with van der Waals surface area (Å²) in [5.74, 6) is -0.167. The molecule has 2 amide bonds. The van der Waals surface area contributed by atoms with Crippen molar-refractivity contribution in [3.8, 4) is 16.9 Å². The van der Waals surface area contributed by atoms with Crippen LogP contribution in [0.15, 0.2) is 78.9 Å². The minimum atomic E-state index is -0.406. The molecule has 2 N–H and O–H groups in total. The third kappa shape index (κ3) is 4.98. The van der Waals surface area contributed by atoms with Gasteiger partial charge in [-0.3, -0.25) is 20.4 Å². The molecule has 0 atom stereocenters. The molecule has 5 nitrogen and oxygen atoms in total. The Labute approximate surface area is 164 Å². The van der Waals surface area contributed by atoms with Crippen LogP contribution in [0.4, 0.5) is 0 Å². The van der Waals surface area contributed by atoms with E-state index in [-0.39, 0.29) is 5.91 Å². The number of hydrogen-bond donors (Lipinski definition) is 2. The second-order valence-electron chi connectivity index (χ2n) is 6.23. The van der Waals surface area contributed by atoms with E-state index in [1.807, 2.05) is 49.4 Å². The van der Waals surface area contributed by atoms with E-state index in [2.05, 4.69) is 10.9 Å². The molecule has 28 heavy (non-hydrogen) atoms. The zero-order valence-electron chi connectivity index (χ0n) is 15.6. The van der Waals surface area contributed by atoms with E-state index in [1.165, 1.54) is 0 Å². The standard InChI is InChI=1S/C23H22N2O3/c1-2-15-28-21-10-6-9-20(16-21)23(27)25-24-22(26)19-13-11-18(12-14-19)17-7-4-3-5-8-17/h3-14,16H,2,15H2,1H3,(H,24,26)(H,25,27). The maximum atomic E-state index is 12.3. The van der Waals surface area contributed by atoms with Gasteiger partial charge in [0.25, 0.3) is 11.8 Å². The van der Waals surface area contributed by atoms with Crippen LogP contribution in [-0.4, -0.2) is 18.4 Å². The van der Waals surface area contributed by atoms with Crippen LogP contribution in [0.3, 0.4) is 0 Å². The maximum Gasteiger partial charge on any atom is 0.269 e. The second-order valence-corrected chi connectivity index (χ2v) is 6.23. The van der Waals surface area contributed by atoms with E-state index in [0.717, 1.165) is 17.5 Å². The first-order chi connectivity index (χ1) is 13.7. The largest absolute Gasteiger partial charge is 0.494 e. The van der Waals surface area contributed by atoms with Crippen molar-refractivity contribution in [3.63, 3.8) is 0 Å². The summed E-state index contributed by atoms with van der Waals surface area (Å²) in [4.78, 5) is 24.6. The lowest BCUT2D eigenvalue weighted by Gasteiger charge is -2.10. The Morgan fingerprint density at radius 3 is 2.07 bits per heavy atom. The van der Waals surface area contributed by atoms with Crippen molar-refractivity contribution >= 4 is 11.8 Å². The lowest BCUT2D eigenvalue weighted by molar-refractivity contribution is 0.0846. The first-order valence-corrected chi connectivity index (χ1v) is 9.16. The van der Waals surface area contributed by atoms with Gasteiger partial charge in [0.2, 0.25) is 0 Å². The highest BCUT2D eigenvalue weighted by molar-refractivity contribution is 5.99. The van der Waals surface area contributed by atoms with E-state index in [0.29, 0.717) is 23.5 Å². The van der Waals surface area contributed by atoms with Crippen LogP contribution in [0.25, 0.3) is 11.1 Å². The van der Waals surface area contributed by atoms with Crippen molar-refractivity contribution in [3.05, 3.63) is 90.0 Å². The minimum absolute atomic E-state index is 0.383. The summed E-state index contributed by atoms with van der Waals surface area (Å²) in [5.41, 5.74) is 7.84. The molecule has 3 rings (SSSR count). The Bertz CT molecular complexity index is 938. The Morgan fingerprint density at radius 2 is 1.39 bits per heavy atom. The topological polar surface area (TPSA) is 67.4 Å². The fourth-order valence-corrected chi connectivity index (χ4v) is 2.65. The lowest BCUT2D eigenvalue weighted by atomic mass is 10.0. The summed E-state index contributed by atoms with van der Waals surface area (Å²) in [6.45, 7) is 2.60. The van der Waals surface area contributed by atoms with Crippen molar-refractivity contribution in [2.75, 3.05) is 6.61 Å². The third-order valence-electron chi connectivity index (χ3n) is 4.11. The number of hydrogen-bond acceptors (Lipinski definition) is 3. The number of ether oxygens (including phenoxy) is 1. The highest BCUT2D eigenvalue weighted by atomic mass is 16.5. The van der Waals surface area contributed by atoms with Crippen molar-refractivity contribution < 1.29 is 14.3 Å². The molecule has 0 unspecified atom stereocenters. The highest BCUT2D eigenvalue weighted by Gasteiger charge is 2.10. The predicted molar refractivity (Wildman–Crippen MR) is 109 cm³/mol. The first-order valence-electron chi connectivity index (χ1n) is 9.16. The molecule has 3 aromatic carbocycles. The van der Waals surface area contributed by atoms with Gasteiger partial charge in [-0.15, -0.1) is 0 Å². The summed E-state index contributed by atoms with van der Waals surface area (Å²) < 4.78 is 5.52. The number of carbonyl (C=O) groups excluding carboxylic acids is 2. The van der Waals surface area contributed by atoms with Crippen LogP contribution in [0.2, 0.25) is 0 Å². The van der Waals surface area contributed by atoms with E-state index in [9.17, 15) is 9.59 Å². The molecule has 3 aromatic rings. The fraction of sp³-hybridized carbons (Fsp3) is 0.130. The molecule has 0 spiro atoms.